The molecule has 3 aromatic rings. The minimum atomic E-state index is -1.10. The van der Waals surface area contributed by atoms with E-state index >= 15 is 0 Å². The molecule has 0 spiro atoms. The van der Waals surface area contributed by atoms with Crippen LogP contribution in [-0.2, 0) is 4.79 Å². The van der Waals surface area contributed by atoms with Crippen LogP contribution in [0.15, 0.2) is 61.5 Å². The lowest BCUT2D eigenvalue weighted by atomic mass is 10.2. The van der Waals surface area contributed by atoms with E-state index in [1.807, 2.05) is 6.92 Å². The summed E-state index contributed by atoms with van der Waals surface area (Å²) in [5.41, 5.74) is 1.39. The first-order chi connectivity index (χ1) is 13.5. The number of carboxylic acid groups (broad SMARTS) is 1. The maximum atomic E-state index is 11.6. The number of hydrogen-bond acceptors (Lipinski definition) is 6. The van der Waals surface area contributed by atoms with Gasteiger partial charge in [0.25, 0.3) is 5.22 Å². The van der Waals surface area contributed by atoms with Crippen molar-refractivity contribution in [3.8, 4) is 17.2 Å². The number of benzene rings is 2. The van der Waals surface area contributed by atoms with Gasteiger partial charge < -0.3 is 14.3 Å². The first-order valence-electron chi connectivity index (χ1n) is 8.11. The number of aliphatic carboxylic acids is 1. The van der Waals surface area contributed by atoms with Crippen molar-refractivity contribution in [1.29, 1.82) is 0 Å². The second-order valence-electron chi connectivity index (χ2n) is 5.42. The zero-order chi connectivity index (χ0) is 20.1. The Bertz CT molecular complexity index is 1020. The average Bonchev–Trinajstić information content (AvgIpc) is 3.12. The van der Waals surface area contributed by atoms with Crippen LogP contribution in [-0.4, -0.2) is 27.9 Å². The van der Waals surface area contributed by atoms with Crippen molar-refractivity contribution in [2.24, 2.45) is 0 Å². The molecule has 28 heavy (non-hydrogen) atoms. The van der Waals surface area contributed by atoms with Gasteiger partial charge in [-0.1, -0.05) is 17.7 Å². The van der Waals surface area contributed by atoms with Crippen molar-refractivity contribution in [1.82, 2.24) is 10.2 Å². The zero-order valence-electron chi connectivity index (χ0n) is 14.6. The van der Waals surface area contributed by atoms with Gasteiger partial charge in [0, 0.05) is 10.6 Å². The second-order valence-corrected chi connectivity index (χ2v) is 7.70. The monoisotopic (exact) mass is 480 g/mol. The Kier molecular flexibility index (Phi) is 6.77. The summed E-state index contributed by atoms with van der Waals surface area (Å²) in [7, 11) is 0. The topological polar surface area (TPSA) is 85.5 Å². The van der Waals surface area contributed by atoms with E-state index in [0.717, 1.165) is 16.2 Å². The Labute approximate surface area is 178 Å². The van der Waals surface area contributed by atoms with Crippen molar-refractivity contribution in [2.75, 3.05) is 6.61 Å². The summed E-state index contributed by atoms with van der Waals surface area (Å²) in [6.07, 6.45) is 1.53. The number of thioether (sulfide) groups is 1. The minimum Gasteiger partial charge on any atom is -0.493 e. The number of carbonyl (C=O) groups is 1. The predicted octanol–water partition coefficient (Wildman–Crippen LogP) is 5.77. The number of aromatic nitrogens is 2. The number of carboxylic acids is 1. The molecule has 6 nitrogen and oxygen atoms in total. The zero-order valence-corrected chi connectivity index (χ0v) is 17.7. The third-order valence-corrected chi connectivity index (χ3v) is 5.18. The number of nitrogens with zero attached hydrogens (tertiary/aromatic N) is 2. The molecule has 1 heterocycles. The molecule has 0 bridgehead atoms. The van der Waals surface area contributed by atoms with Crippen LogP contribution in [0, 0.1) is 0 Å². The fraction of sp³-hybridized carbons (Fsp3) is 0.105. The Balaban J connectivity index is 1.82. The van der Waals surface area contributed by atoms with Crippen LogP contribution in [0.4, 0.5) is 0 Å². The largest absolute Gasteiger partial charge is 0.493 e. The molecular formula is C19H14BrClN2O4S. The van der Waals surface area contributed by atoms with E-state index in [-0.39, 0.29) is 16.0 Å². The van der Waals surface area contributed by atoms with Gasteiger partial charge in [0.2, 0.25) is 5.89 Å². The lowest BCUT2D eigenvalue weighted by Crippen LogP contribution is -1.97. The molecule has 0 atom stereocenters. The smallest absolute Gasteiger partial charge is 0.342 e. The normalized spacial score (nSPS) is 11.5. The van der Waals surface area contributed by atoms with Gasteiger partial charge in [-0.25, -0.2) is 4.79 Å². The third kappa shape index (κ3) is 5.15. The molecule has 0 fully saturated rings. The predicted molar refractivity (Wildman–Crippen MR) is 112 cm³/mol. The van der Waals surface area contributed by atoms with E-state index in [0.29, 0.717) is 28.5 Å². The fourth-order valence-corrected chi connectivity index (χ4v) is 3.53. The van der Waals surface area contributed by atoms with Crippen molar-refractivity contribution in [2.45, 2.75) is 12.1 Å². The van der Waals surface area contributed by atoms with Gasteiger partial charge in [-0.15, -0.1) is 10.2 Å². The van der Waals surface area contributed by atoms with Gasteiger partial charge in [-0.3, -0.25) is 0 Å². The molecule has 0 amide bonds. The second kappa shape index (κ2) is 9.27. The number of hydrogen-bond donors (Lipinski definition) is 1. The first kappa shape index (κ1) is 20.4. The van der Waals surface area contributed by atoms with E-state index in [2.05, 4.69) is 26.1 Å². The van der Waals surface area contributed by atoms with Crippen LogP contribution in [0.1, 0.15) is 12.5 Å². The minimum absolute atomic E-state index is 0.0439. The van der Waals surface area contributed by atoms with Gasteiger partial charge in [0.05, 0.1) is 11.1 Å². The van der Waals surface area contributed by atoms with Crippen LogP contribution < -0.4 is 4.74 Å². The molecule has 0 aliphatic heterocycles. The van der Waals surface area contributed by atoms with Crippen LogP contribution in [0.3, 0.4) is 0 Å². The lowest BCUT2D eigenvalue weighted by Gasteiger charge is -2.06. The average molecular weight is 482 g/mol. The Hall–Kier alpha value is -2.29. The summed E-state index contributed by atoms with van der Waals surface area (Å²) < 4.78 is 11.8. The Morgan fingerprint density at radius 3 is 2.68 bits per heavy atom. The van der Waals surface area contributed by atoms with Crippen molar-refractivity contribution in [3.05, 3.63) is 62.4 Å². The number of halogens is 2. The summed E-state index contributed by atoms with van der Waals surface area (Å²) >= 11 is 10.2. The lowest BCUT2D eigenvalue weighted by molar-refractivity contribution is -0.131. The molecule has 0 aliphatic carbocycles. The molecule has 9 heteroatoms. The molecule has 3 rings (SSSR count). The van der Waals surface area contributed by atoms with Gasteiger partial charge in [0.15, 0.2) is 0 Å². The molecule has 1 N–H and O–H groups in total. The van der Waals surface area contributed by atoms with Crippen LogP contribution in [0.2, 0.25) is 5.02 Å². The summed E-state index contributed by atoms with van der Waals surface area (Å²) in [5, 5.41) is 18.1. The van der Waals surface area contributed by atoms with E-state index in [4.69, 9.17) is 20.8 Å². The maximum absolute atomic E-state index is 11.6. The van der Waals surface area contributed by atoms with Crippen LogP contribution >= 0.6 is 39.3 Å². The highest BCUT2D eigenvalue weighted by molar-refractivity contribution is 9.10. The fourth-order valence-electron chi connectivity index (χ4n) is 2.22. The Morgan fingerprint density at radius 2 is 2.04 bits per heavy atom. The molecule has 2 aromatic carbocycles. The first-order valence-corrected chi connectivity index (χ1v) is 10.1. The number of rotatable bonds is 7. The van der Waals surface area contributed by atoms with E-state index in [1.165, 1.54) is 6.08 Å². The molecule has 0 radical (unpaired) electrons. The summed E-state index contributed by atoms with van der Waals surface area (Å²) in [6, 6.07) is 12.2. The molecule has 0 aliphatic rings. The standard InChI is InChI=1S/C19H14BrClN2O4S/c1-2-26-15-8-3-11(9-14(15)20)10-16(18(24)25)28-19-23-22-17(27-19)12-4-6-13(21)7-5-12/h3-10H,2H2,1H3,(H,24,25)/b16-10-. The highest BCUT2D eigenvalue weighted by Gasteiger charge is 2.16. The highest BCUT2D eigenvalue weighted by atomic mass is 79.9. The van der Waals surface area contributed by atoms with Gasteiger partial charge in [0.1, 0.15) is 10.7 Å². The molecule has 0 saturated carbocycles. The SMILES string of the molecule is CCOc1ccc(/C=C(\Sc2nnc(-c3ccc(Cl)cc3)o2)C(=O)O)cc1Br. The van der Waals surface area contributed by atoms with Crippen molar-refractivity contribution < 1.29 is 19.1 Å². The Morgan fingerprint density at radius 1 is 1.29 bits per heavy atom. The van der Waals surface area contributed by atoms with Gasteiger partial charge in [-0.2, -0.15) is 0 Å². The van der Waals surface area contributed by atoms with Crippen LogP contribution in [0.25, 0.3) is 17.5 Å². The maximum Gasteiger partial charge on any atom is 0.342 e. The van der Waals surface area contributed by atoms with Crippen molar-refractivity contribution in [3.63, 3.8) is 0 Å². The molecule has 1 aromatic heterocycles. The quantitative estimate of drug-likeness (QED) is 0.339. The third-order valence-electron chi connectivity index (χ3n) is 3.46. The summed E-state index contributed by atoms with van der Waals surface area (Å²) in [4.78, 5) is 11.7. The summed E-state index contributed by atoms with van der Waals surface area (Å²) in [5.74, 6) is -0.123. The van der Waals surface area contributed by atoms with Crippen LogP contribution in [0.5, 0.6) is 5.75 Å². The van der Waals surface area contributed by atoms with Gasteiger partial charge >= 0.3 is 5.97 Å². The molecule has 0 unspecified atom stereocenters. The number of ether oxygens (including phenoxy) is 1. The van der Waals surface area contributed by atoms with Gasteiger partial charge in [-0.05, 0) is 82.7 Å². The molecular weight excluding hydrogens is 468 g/mol. The van der Waals surface area contributed by atoms with E-state index in [9.17, 15) is 9.90 Å². The van der Waals surface area contributed by atoms with Crippen molar-refractivity contribution >= 4 is 51.3 Å². The summed E-state index contributed by atoms with van der Waals surface area (Å²) in [6.45, 7) is 2.43. The molecule has 0 saturated heterocycles. The highest BCUT2D eigenvalue weighted by Crippen LogP contribution is 2.32. The van der Waals surface area contributed by atoms with E-state index < -0.39 is 5.97 Å². The molecule has 144 valence electrons. The van der Waals surface area contributed by atoms with E-state index in [1.54, 1.807) is 42.5 Å².